The first-order valence-corrected chi connectivity index (χ1v) is 12.4. The number of aromatic nitrogens is 3. The average Bonchev–Trinajstić information content (AvgIpc) is 3.27. The monoisotopic (exact) mass is 541 g/mol. The van der Waals surface area contributed by atoms with E-state index in [0.29, 0.717) is 35.2 Å². The molecule has 9 nitrogen and oxygen atoms in total. The van der Waals surface area contributed by atoms with Gasteiger partial charge in [-0.25, -0.2) is 4.68 Å². The van der Waals surface area contributed by atoms with Crippen LogP contribution in [0, 0.1) is 5.41 Å². The lowest BCUT2D eigenvalue weighted by atomic mass is 9.98. The number of hydrogen-bond acceptors (Lipinski definition) is 7. The molecule has 0 radical (unpaired) electrons. The lowest BCUT2D eigenvalue weighted by molar-refractivity contribution is -0.123. The molecule has 0 spiro atoms. The molecule has 12 heteroatoms. The first kappa shape index (κ1) is 27.8. The lowest BCUT2D eigenvalue weighted by Gasteiger charge is -2.26. The van der Waals surface area contributed by atoms with Gasteiger partial charge in [-0.15, -0.1) is 5.10 Å². The number of carbonyl (C=O) groups excluding carboxylic acids is 1. The van der Waals surface area contributed by atoms with Crippen molar-refractivity contribution in [2.24, 2.45) is 7.05 Å². The summed E-state index contributed by atoms with van der Waals surface area (Å²) < 4.78 is 44.5. The number of anilines is 3. The summed E-state index contributed by atoms with van der Waals surface area (Å²) in [6, 6.07) is 9.74. The second-order valence-electron chi connectivity index (χ2n) is 9.26. The average molecular weight is 542 g/mol. The summed E-state index contributed by atoms with van der Waals surface area (Å²) in [6.45, 7) is 5.27. The molecule has 3 aromatic rings. The molecule has 1 aromatic heterocycles. The maximum absolute atomic E-state index is 12.4. The topological polar surface area (TPSA) is 117 Å². The first-order valence-electron chi connectivity index (χ1n) is 12.4. The van der Waals surface area contributed by atoms with Crippen molar-refractivity contribution in [1.29, 1.82) is 5.41 Å². The van der Waals surface area contributed by atoms with Gasteiger partial charge in [0.25, 0.3) is 5.91 Å². The molecule has 4 rings (SSSR count). The van der Waals surface area contributed by atoms with Crippen LogP contribution in [0.3, 0.4) is 0 Å². The van der Waals surface area contributed by atoms with Gasteiger partial charge < -0.3 is 26.1 Å². The van der Waals surface area contributed by atoms with E-state index >= 15 is 0 Å². The minimum atomic E-state index is -4.49. The van der Waals surface area contributed by atoms with E-state index in [1.807, 2.05) is 24.4 Å². The van der Waals surface area contributed by atoms with Gasteiger partial charge in [-0.05, 0) is 56.0 Å². The van der Waals surface area contributed by atoms with Crippen molar-refractivity contribution in [3.8, 4) is 11.4 Å². The minimum Gasteiger partial charge on any atom is -0.360 e. The molecule has 206 valence electrons. The molecule has 1 aliphatic heterocycles. The van der Waals surface area contributed by atoms with Crippen molar-refractivity contribution < 1.29 is 22.7 Å². The zero-order valence-electron chi connectivity index (χ0n) is 21.7. The van der Waals surface area contributed by atoms with Gasteiger partial charge in [-0.3, -0.25) is 4.79 Å². The molecular formula is C27H30F3N7O2. The van der Waals surface area contributed by atoms with Crippen LogP contribution in [-0.2, 0) is 11.8 Å². The number of aryl methyl sites for hydroxylation is 1. The Labute approximate surface area is 224 Å². The molecular weight excluding hydrogens is 511 g/mol. The van der Waals surface area contributed by atoms with Gasteiger partial charge in [-0.1, -0.05) is 18.7 Å². The number of benzene rings is 2. The van der Waals surface area contributed by atoms with Gasteiger partial charge in [0, 0.05) is 53.5 Å². The number of allylic oxidation sites excluding steroid dienone is 1. The largest absolute Gasteiger partial charge is 0.405 e. The number of rotatable bonds is 9. The van der Waals surface area contributed by atoms with Crippen LogP contribution in [0.5, 0.6) is 0 Å². The Bertz CT molecular complexity index is 1360. The molecule has 2 heterocycles. The van der Waals surface area contributed by atoms with Crippen LogP contribution in [0.1, 0.15) is 47.7 Å². The summed E-state index contributed by atoms with van der Waals surface area (Å²) in [7, 11) is 1.71. The summed E-state index contributed by atoms with van der Waals surface area (Å²) >= 11 is 0. The van der Waals surface area contributed by atoms with Crippen molar-refractivity contribution >= 4 is 35.0 Å². The molecule has 0 saturated carbocycles. The van der Waals surface area contributed by atoms with Crippen LogP contribution >= 0.6 is 0 Å². The van der Waals surface area contributed by atoms with Gasteiger partial charge in [0.05, 0.1) is 0 Å². The summed E-state index contributed by atoms with van der Waals surface area (Å²) in [6.07, 6.45) is -0.307. The second kappa shape index (κ2) is 11.7. The van der Waals surface area contributed by atoms with E-state index in [0.717, 1.165) is 36.1 Å². The van der Waals surface area contributed by atoms with Crippen molar-refractivity contribution in [2.45, 2.75) is 38.6 Å². The van der Waals surface area contributed by atoms with E-state index in [1.165, 1.54) is 18.3 Å². The van der Waals surface area contributed by atoms with Crippen LogP contribution in [0.4, 0.5) is 30.5 Å². The van der Waals surface area contributed by atoms with Crippen molar-refractivity contribution in [2.75, 3.05) is 23.8 Å². The Morgan fingerprint density at radius 2 is 1.92 bits per heavy atom. The third-order valence-corrected chi connectivity index (χ3v) is 6.18. The number of alkyl halides is 3. The maximum atomic E-state index is 12.4. The lowest BCUT2D eigenvalue weighted by Crippen LogP contribution is -2.33. The fourth-order valence-corrected chi connectivity index (χ4v) is 4.28. The van der Waals surface area contributed by atoms with Gasteiger partial charge in [-0.2, -0.15) is 18.2 Å². The zero-order chi connectivity index (χ0) is 28.2. The fourth-order valence-electron chi connectivity index (χ4n) is 4.28. The van der Waals surface area contributed by atoms with Crippen LogP contribution in [0.25, 0.3) is 17.0 Å². The molecule has 1 saturated heterocycles. The third-order valence-electron chi connectivity index (χ3n) is 6.18. The highest BCUT2D eigenvalue weighted by Gasteiger charge is 2.28. The molecule has 2 aromatic carbocycles. The molecule has 39 heavy (non-hydrogen) atoms. The van der Waals surface area contributed by atoms with Gasteiger partial charge in [0.15, 0.2) is 5.82 Å². The summed E-state index contributed by atoms with van der Waals surface area (Å²) in [5.74, 6) is -0.0385. The van der Waals surface area contributed by atoms with E-state index < -0.39 is 18.6 Å². The van der Waals surface area contributed by atoms with Gasteiger partial charge in [0.2, 0.25) is 5.95 Å². The number of amides is 1. The van der Waals surface area contributed by atoms with Gasteiger partial charge in [0.1, 0.15) is 12.8 Å². The number of nitrogens with one attached hydrogen (secondary N) is 4. The van der Waals surface area contributed by atoms with Crippen LogP contribution in [-0.4, -0.2) is 52.4 Å². The SMILES string of the molecule is C=C(C)c1c(Nc2nc(-c3ccc(C(=O)NCC(F)(F)F)cc3)nn2C)ccc(NC2CCCCO2)c1C=N. The highest BCUT2D eigenvalue weighted by molar-refractivity contribution is 5.97. The standard InChI is InChI=1S/C27H30F3N7O2/c1-16(2)23-19(14-31)20(33-22-6-4-5-13-39-22)11-12-21(23)34-26-35-24(36-37(26)3)17-7-9-18(10-8-17)25(38)32-15-27(28,29)30/h7-12,14,22,31,33H,1,4-6,13,15H2,2-3H3,(H,32,38)(H,34,35,36). The van der Waals surface area contributed by atoms with E-state index in [2.05, 4.69) is 27.3 Å². The maximum Gasteiger partial charge on any atom is 0.405 e. The van der Waals surface area contributed by atoms with E-state index in [-0.39, 0.29) is 11.8 Å². The second-order valence-corrected chi connectivity index (χ2v) is 9.26. The first-order chi connectivity index (χ1) is 18.6. The summed E-state index contributed by atoms with van der Waals surface area (Å²) in [5, 5.41) is 21.0. The molecule has 4 N–H and O–H groups in total. The molecule has 1 atom stereocenters. The fraction of sp³-hybridized carbons (Fsp3) is 0.333. The number of nitrogens with zero attached hydrogens (tertiary/aromatic N) is 3. The molecule has 1 fully saturated rings. The Hall–Kier alpha value is -4.19. The zero-order valence-corrected chi connectivity index (χ0v) is 21.7. The predicted octanol–water partition coefficient (Wildman–Crippen LogP) is 5.49. The Morgan fingerprint density at radius 1 is 1.21 bits per heavy atom. The molecule has 0 aliphatic carbocycles. The Morgan fingerprint density at radius 3 is 2.54 bits per heavy atom. The number of hydrogen-bond donors (Lipinski definition) is 4. The van der Waals surface area contributed by atoms with Crippen LogP contribution < -0.4 is 16.0 Å². The quantitative estimate of drug-likeness (QED) is 0.266. The summed E-state index contributed by atoms with van der Waals surface area (Å²) in [4.78, 5) is 16.5. The van der Waals surface area contributed by atoms with Crippen LogP contribution in [0.15, 0.2) is 43.0 Å². The number of carbonyl (C=O) groups is 1. The van der Waals surface area contributed by atoms with Crippen molar-refractivity contribution in [1.82, 2.24) is 20.1 Å². The smallest absolute Gasteiger partial charge is 0.360 e. The van der Waals surface area contributed by atoms with Crippen LogP contribution in [0.2, 0.25) is 0 Å². The van der Waals surface area contributed by atoms with E-state index in [1.54, 1.807) is 23.9 Å². The predicted molar refractivity (Wildman–Crippen MR) is 144 cm³/mol. The normalized spacial score (nSPS) is 15.5. The highest BCUT2D eigenvalue weighted by Crippen LogP contribution is 2.34. The van der Waals surface area contributed by atoms with E-state index in [4.69, 9.17) is 10.1 Å². The number of ether oxygens (including phenoxy) is 1. The minimum absolute atomic E-state index is 0.0925. The third kappa shape index (κ3) is 6.82. The number of halogens is 3. The highest BCUT2D eigenvalue weighted by atomic mass is 19.4. The summed E-state index contributed by atoms with van der Waals surface area (Å²) in [5.41, 5.74) is 4.32. The van der Waals surface area contributed by atoms with Gasteiger partial charge >= 0.3 is 6.18 Å². The van der Waals surface area contributed by atoms with Crippen molar-refractivity contribution in [3.05, 3.63) is 59.7 Å². The molecule has 0 bridgehead atoms. The molecule has 1 aliphatic rings. The van der Waals surface area contributed by atoms with E-state index in [9.17, 15) is 18.0 Å². The Kier molecular flexibility index (Phi) is 8.34. The van der Waals surface area contributed by atoms with Crippen molar-refractivity contribution in [3.63, 3.8) is 0 Å². The molecule has 1 unspecified atom stereocenters. The molecule has 1 amide bonds. The Balaban J connectivity index is 1.55.